The zero-order valence-corrected chi connectivity index (χ0v) is 15.5. The molecule has 0 aromatic heterocycles. The van der Waals surface area contributed by atoms with Gasteiger partial charge < -0.3 is 5.11 Å². The average molecular weight is 299 g/mol. The fraction of sp³-hybridized carbons (Fsp3) is 0.824. The summed E-state index contributed by atoms with van der Waals surface area (Å²) in [4.78, 5) is 11.4. The summed E-state index contributed by atoms with van der Waals surface area (Å²) in [6.45, 7) is 19.6. The van der Waals surface area contributed by atoms with Crippen molar-refractivity contribution in [2.24, 2.45) is 17.8 Å². The van der Waals surface area contributed by atoms with E-state index < -0.39 is 14.0 Å². The Kier molecular flexibility index (Phi) is 7.78. The van der Waals surface area contributed by atoms with Crippen molar-refractivity contribution in [1.82, 2.24) is 0 Å². The maximum atomic E-state index is 11.4. The van der Waals surface area contributed by atoms with E-state index in [9.17, 15) is 9.90 Å². The summed E-state index contributed by atoms with van der Waals surface area (Å²) in [6, 6.07) is 3.62. The molecule has 0 saturated carbocycles. The molecule has 1 atom stereocenters. The number of carboxylic acids is 1. The maximum absolute atomic E-state index is 11.4. The van der Waals surface area contributed by atoms with Gasteiger partial charge in [0, 0.05) is 5.57 Å². The zero-order valence-electron chi connectivity index (χ0n) is 14.5. The molecule has 0 bridgehead atoms. The molecule has 0 saturated heterocycles. The summed E-state index contributed by atoms with van der Waals surface area (Å²) in [5.74, 6) is 1.07. The molecule has 3 heteroatoms. The van der Waals surface area contributed by atoms with Gasteiger partial charge in [-0.15, -0.1) is 0 Å². The van der Waals surface area contributed by atoms with Gasteiger partial charge in [0.15, 0.2) is 0 Å². The van der Waals surface area contributed by atoms with Crippen molar-refractivity contribution in [3.8, 4) is 0 Å². The Morgan fingerprint density at radius 3 is 1.40 bits per heavy atom. The van der Waals surface area contributed by atoms with E-state index in [0.29, 0.717) is 23.3 Å². The lowest BCUT2D eigenvalue weighted by atomic mass is 10.2. The van der Waals surface area contributed by atoms with Crippen LogP contribution in [0, 0.1) is 17.8 Å². The van der Waals surface area contributed by atoms with Gasteiger partial charge in [0.05, 0.1) is 8.07 Å². The monoisotopic (exact) mass is 298 g/mol. The van der Waals surface area contributed by atoms with Crippen LogP contribution in [0.5, 0.6) is 0 Å². The topological polar surface area (TPSA) is 37.3 Å². The summed E-state index contributed by atoms with van der Waals surface area (Å²) in [7, 11) is -1.69. The van der Waals surface area contributed by atoms with E-state index in [-0.39, 0.29) is 5.54 Å². The largest absolute Gasteiger partial charge is 0.478 e. The Bertz CT molecular complexity index is 305. The third kappa shape index (κ3) is 5.82. The number of aliphatic carboxylic acids is 1. The molecule has 1 unspecified atom stereocenters. The summed E-state index contributed by atoms with van der Waals surface area (Å²) in [5, 5.41) is 9.34. The number of hydrogen-bond donors (Lipinski definition) is 1. The van der Waals surface area contributed by atoms with Crippen LogP contribution < -0.4 is 0 Å². The van der Waals surface area contributed by atoms with Crippen molar-refractivity contribution >= 4 is 14.0 Å². The Labute approximate surface area is 126 Å². The minimum absolute atomic E-state index is 0.159. The molecule has 0 spiro atoms. The van der Waals surface area contributed by atoms with Crippen LogP contribution in [0.4, 0.5) is 0 Å². The Hall–Kier alpha value is -0.573. The van der Waals surface area contributed by atoms with Gasteiger partial charge in [0.25, 0.3) is 0 Å². The van der Waals surface area contributed by atoms with Gasteiger partial charge in [-0.1, -0.05) is 73.2 Å². The van der Waals surface area contributed by atoms with Crippen LogP contribution in [0.3, 0.4) is 0 Å². The molecule has 0 amide bonds. The molecule has 2 nitrogen and oxygen atoms in total. The molecule has 118 valence electrons. The van der Waals surface area contributed by atoms with Crippen molar-refractivity contribution in [3.05, 3.63) is 12.2 Å². The highest BCUT2D eigenvalue weighted by molar-refractivity contribution is 6.82. The van der Waals surface area contributed by atoms with Gasteiger partial charge >= 0.3 is 5.97 Å². The Morgan fingerprint density at radius 2 is 1.20 bits per heavy atom. The summed E-state index contributed by atoms with van der Waals surface area (Å²) in [5.41, 5.74) is 0.589. The molecular formula is C17H34O2Si. The van der Waals surface area contributed by atoms with Crippen LogP contribution in [0.1, 0.15) is 48.5 Å². The van der Waals surface area contributed by atoms with Crippen molar-refractivity contribution in [2.75, 3.05) is 0 Å². The Morgan fingerprint density at radius 1 is 0.900 bits per heavy atom. The molecule has 0 rings (SSSR count). The third-order valence-corrected chi connectivity index (χ3v) is 11.2. The van der Waals surface area contributed by atoms with E-state index >= 15 is 0 Å². The fourth-order valence-corrected chi connectivity index (χ4v) is 11.1. The number of carbonyl (C=O) groups is 1. The quantitative estimate of drug-likeness (QED) is 0.455. The van der Waals surface area contributed by atoms with Crippen LogP contribution in [0.25, 0.3) is 0 Å². The van der Waals surface area contributed by atoms with Gasteiger partial charge in [-0.05, 0) is 23.3 Å². The number of hydrogen-bond acceptors (Lipinski definition) is 1. The molecule has 0 aromatic carbocycles. The highest BCUT2D eigenvalue weighted by Crippen LogP contribution is 2.43. The van der Waals surface area contributed by atoms with Crippen LogP contribution in [-0.2, 0) is 4.79 Å². The van der Waals surface area contributed by atoms with E-state index in [4.69, 9.17) is 0 Å². The lowest BCUT2D eigenvalue weighted by molar-refractivity contribution is -0.132. The fourth-order valence-electron chi connectivity index (χ4n) is 3.77. The minimum Gasteiger partial charge on any atom is -0.478 e. The lowest BCUT2D eigenvalue weighted by Crippen LogP contribution is -2.44. The van der Waals surface area contributed by atoms with E-state index in [1.807, 2.05) is 0 Å². The average Bonchev–Trinajstić information content (AvgIpc) is 2.23. The number of carboxylic acid groups (broad SMARTS) is 1. The highest BCUT2D eigenvalue weighted by Gasteiger charge is 2.42. The normalized spacial score (nSPS) is 14.1. The zero-order chi connectivity index (χ0) is 16.1. The van der Waals surface area contributed by atoms with Gasteiger partial charge in [0.2, 0.25) is 0 Å². The second kappa shape index (κ2) is 8.01. The van der Waals surface area contributed by atoms with Crippen molar-refractivity contribution in [3.63, 3.8) is 0 Å². The van der Waals surface area contributed by atoms with E-state index in [2.05, 4.69) is 55.0 Å². The maximum Gasteiger partial charge on any atom is 0.330 e. The summed E-state index contributed by atoms with van der Waals surface area (Å²) in [6.07, 6.45) is 0. The first kappa shape index (κ1) is 19.4. The van der Waals surface area contributed by atoms with Gasteiger partial charge in [-0.25, -0.2) is 4.79 Å². The molecule has 0 fully saturated rings. The minimum atomic E-state index is -1.69. The van der Waals surface area contributed by atoms with Crippen LogP contribution in [0.15, 0.2) is 12.2 Å². The lowest BCUT2D eigenvalue weighted by Gasteiger charge is -2.41. The summed E-state index contributed by atoms with van der Waals surface area (Å²) < 4.78 is 0. The Balaban J connectivity index is 5.55. The van der Waals surface area contributed by atoms with Crippen molar-refractivity contribution in [1.29, 1.82) is 0 Å². The molecule has 1 N–H and O–H groups in total. The first-order valence-corrected chi connectivity index (χ1v) is 10.6. The molecule has 20 heavy (non-hydrogen) atoms. The molecule has 0 aromatic rings. The summed E-state index contributed by atoms with van der Waals surface area (Å²) >= 11 is 0. The van der Waals surface area contributed by atoms with Crippen molar-refractivity contribution in [2.45, 2.75) is 72.1 Å². The van der Waals surface area contributed by atoms with E-state index in [0.717, 1.165) is 0 Å². The smallest absolute Gasteiger partial charge is 0.330 e. The molecule has 0 aliphatic heterocycles. The SMILES string of the molecule is C=C(C(=O)O)C(C)[Si](CC(C)C)(CC(C)C)CC(C)C. The highest BCUT2D eigenvalue weighted by atomic mass is 28.3. The first-order chi connectivity index (χ1) is 9.01. The second-order valence-corrected chi connectivity index (χ2v) is 12.5. The van der Waals surface area contributed by atoms with Crippen LogP contribution in [-0.4, -0.2) is 19.1 Å². The first-order valence-electron chi connectivity index (χ1n) is 7.94. The van der Waals surface area contributed by atoms with Crippen LogP contribution in [0.2, 0.25) is 23.7 Å². The van der Waals surface area contributed by atoms with E-state index in [1.165, 1.54) is 18.1 Å². The number of rotatable bonds is 9. The molecule has 0 radical (unpaired) electrons. The second-order valence-electron chi connectivity index (χ2n) is 7.71. The molecule has 0 heterocycles. The van der Waals surface area contributed by atoms with Gasteiger partial charge in [0.1, 0.15) is 0 Å². The predicted molar refractivity (Wildman–Crippen MR) is 90.9 cm³/mol. The molecule has 0 aliphatic rings. The van der Waals surface area contributed by atoms with Gasteiger partial charge in [-0.3, -0.25) is 0 Å². The van der Waals surface area contributed by atoms with Crippen LogP contribution >= 0.6 is 0 Å². The van der Waals surface area contributed by atoms with Gasteiger partial charge in [-0.2, -0.15) is 0 Å². The molecular weight excluding hydrogens is 264 g/mol. The predicted octanol–water partition coefficient (Wildman–Crippen LogP) is 5.43. The molecule has 0 aliphatic carbocycles. The standard InChI is InChI=1S/C17H34O2Si/c1-12(2)9-20(10-13(3)4,11-14(5)6)16(8)15(7)17(18)19/h12-14,16H,7,9-11H2,1-6,8H3,(H,18,19). The van der Waals surface area contributed by atoms with E-state index in [1.54, 1.807) is 0 Å². The van der Waals surface area contributed by atoms with Crippen molar-refractivity contribution < 1.29 is 9.90 Å². The third-order valence-electron chi connectivity index (χ3n) is 4.16.